The van der Waals surface area contributed by atoms with Crippen LogP contribution in [0.15, 0.2) is 24.0 Å². The molecule has 46 heavy (non-hydrogen) atoms. The van der Waals surface area contributed by atoms with Gasteiger partial charge in [-0.05, 0) is 51.1 Å². The van der Waals surface area contributed by atoms with Gasteiger partial charge >= 0.3 is 29.8 Å². The molecule has 248 valence electrons. The molecule has 2 aliphatic carbocycles. The van der Waals surface area contributed by atoms with E-state index < -0.39 is 84.0 Å². The lowest BCUT2D eigenvalue weighted by molar-refractivity contribution is -0.177. The third kappa shape index (κ3) is 5.40. The number of carbonyl (C=O) groups is 6. The largest absolute Gasteiger partial charge is 0.504 e. The van der Waals surface area contributed by atoms with Crippen molar-refractivity contribution in [2.45, 2.75) is 87.4 Å². The quantitative estimate of drug-likeness (QED) is 0.151. The Morgan fingerprint density at radius 2 is 1.85 bits per heavy atom. The summed E-state index contributed by atoms with van der Waals surface area (Å²) in [6.07, 6.45) is -3.73. The molecule has 1 fully saturated rings. The van der Waals surface area contributed by atoms with E-state index in [9.17, 15) is 39.0 Å². The number of phenols is 1. The zero-order valence-electron chi connectivity index (χ0n) is 25.2. The van der Waals surface area contributed by atoms with Crippen molar-refractivity contribution < 1.29 is 68.1 Å². The second-order valence-corrected chi connectivity index (χ2v) is 12.0. The molecule has 0 radical (unpaired) electrons. The number of aliphatic hydroxyl groups is 1. The molecule has 2 heterocycles. The minimum atomic E-state index is -1.87. The van der Waals surface area contributed by atoms with Gasteiger partial charge < -0.3 is 49.6 Å². The lowest BCUT2D eigenvalue weighted by atomic mass is 9.50. The molecule has 2 bridgehead atoms. The van der Waals surface area contributed by atoms with E-state index >= 15 is 0 Å². The van der Waals surface area contributed by atoms with Crippen molar-refractivity contribution in [3.8, 4) is 11.5 Å². The van der Waals surface area contributed by atoms with E-state index in [0.717, 1.165) is 19.4 Å². The number of esters is 3. The Morgan fingerprint density at radius 1 is 1.13 bits per heavy atom. The number of nitrogens with one attached hydrogen (secondary N) is 1. The van der Waals surface area contributed by atoms with Gasteiger partial charge in [0.2, 0.25) is 6.10 Å². The lowest BCUT2D eigenvalue weighted by Crippen LogP contribution is -2.74. The molecule has 1 aromatic carbocycles. The highest BCUT2D eigenvalue weighted by atomic mass is 16.6. The minimum Gasteiger partial charge on any atom is -0.504 e. The molecule has 7 atom stereocenters. The number of aromatic hydroxyl groups is 1. The summed E-state index contributed by atoms with van der Waals surface area (Å²) in [6.45, 7) is 2.64. The van der Waals surface area contributed by atoms with Crippen LogP contribution in [-0.2, 0) is 54.8 Å². The van der Waals surface area contributed by atoms with E-state index in [1.165, 1.54) is 12.1 Å². The van der Waals surface area contributed by atoms with Gasteiger partial charge in [0.25, 0.3) is 5.91 Å². The number of aliphatic carboxylic acids is 2. The van der Waals surface area contributed by atoms with E-state index in [4.69, 9.17) is 29.2 Å². The minimum absolute atomic E-state index is 0.0438. The topological polar surface area (TPSA) is 236 Å². The second-order valence-electron chi connectivity index (χ2n) is 12.0. The van der Waals surface area contributed by atoms with Crippen LogP contribution in [0.25, 0.3) is 0 Å². The van der Waals surface area contributed by atoms with Crippen LogP contribution in [-0.4, -0.2) is 111 Å². The average molecular weight is 647 g/mol. The van der Waals surface area contributed by atoms with Crippen molar-refractivity contribution in [1.82, 2.24) is 10.2 Å². The molecule has 16 heteroatoms. The zero-order chi connectivity index (χ0) is 33.7. The fourth-order valence-corrected chi connectivity index (χ4v) is 7.10. The Kier molecular flexibility index (Phi) is 8.46. The highest BCUT2D eigenvalue weighted by Crippen LogP contribution is 2.65. The summed E-state index contributed by atoms with van der Waals surface area (Å²) < 4.78 is 21.9. The molecule has 0 saturated carbocycles. The molecule has 0 aromatic heterocycles. The van der Waals surface area contributed by atoms with Gasteiger partial charge in [-0.3, -0.25) is 19.2 Å². The number of carbonyl (C=O) groups excluding carboxylic acids is 4. The Labute approximate surface area is 261 Å². The number of likely N-dealkylation sites (N-methyl/N-ethyl adjacent to an activating group) is 1. The van der Waals surface area contributed by atoms with E-state index in [0.29, 0.717) is 24.9 Å². The summed E-state index contributed by atoms with van der Waals surface area (Å²) in [5, 5.41) is 42.8. The number of ether oxygens (including phenoxy) is 4. The average Bonchev–Trinajstić information content (AvgIpc) is 3.32. The molecule has 16 nitrogen and oxygen atoms in total. The van der Waals surface area contributed by atoms with Gasteiger partial charge in [0.1, 0.15) is 11.8 Å². The summed E-state index contributed by atoms with van der Waals surface area (Å²) in [5.41, 5.74) is -0.773. The van der Waals surface area contributed by atoms with Crippen LogP contribution in [0.3, 0.4) is 0 Å². The number of likely N-dealkylation sites (tertiary alicyclic amines) is 1. The van der Waals surface area contributed by atoms with Gasteiger partial charge in [0.05, 0.1) is 23.9 Å². The van der Waals surface area contributed by atoms with E-state index in [1.807, 2.05) is 12.4 Å². The molecule has 3 unspecified atom stereocenters. The standard InChI is InChI=1S/C30H34N2O14/c1-13(26(38)31-16(27(39)40)11-21(35)36)43-28(41)19(44-14(2)33)12-22(37)45-18-6-7-30(42)20-10-15-4-5-17(34)24-23(15)29(30,25(18)46-24)8-9-32(20)3/h4-6,13,16,19-20,25,34,42H,7-12H2,1-3H3,(H,31,38)(H,35,36)(H,39,40)/t13?,16?,19?,20-,25+,29+,30-/m1/s1. The molecule has 2 aliphatic heterocycles. The molecule has 1 aromatic rings. The molecular weight excluding hydrogens is 612 g/mol. The first-order chi connectivity index (χ1) is 21.6. The van der Waals surface area contributed by atoms with Crippen LogP contribution < -0.4 is 10.1 Å². The summed E-state index contributed by atoms with van der Waals surface area (Å²) in [4.78, 5) is 74.5. The number of carboxylic acids is 2. The van der Waals surface area contributed by atoms with Gasteiger partial charge in [-0.15, -0.1) is 0 Å². The fraction of sp³-hybridized carbons (Fsp3) is 0.533. The van der Waals surface area contributed by atoms with Crippen molar-refractivity contribution in [3.05, 3.63) is 35.1 Å². The van der Waals surface area contributed by atoms with Crippen molar-refractivity contribution >= 4 is 35.8 Å². The van der Waals surface area contributed by atoms with Gasteiger partial charge in [-0.2, -0.15) is 0 Å². The monoisotopic (exact) mass is 646 g/mol. The van der Waals surface area contributed by atoms with Crippen molar-refractivity contribution in [1.29, 1.82) is 0 Å². The smallest absolute Gasteiger partial charge is 0.348 e. The predicted octanol–water partition coefficient (Wildman–Crippen LogP) is -0.489. The lowest BCUT2D eigenvalue weighted by Gasteiger charge is -2.61. The van der Waals surface area contributed by atoms with Crippen LogP contribution >= 0.6 is 0 Å². The van der Waals surface area contributed by atoms with Crippen LogP contribution in [0, 0.1) is 0 Å². The number of nitrogens with zero attached hydrogens (tertiary/aromatic N) is 1. The first-order valence-corrected chi connectivity index (χ1v) is 14.6. The Balaban J connectivity index is 1.32. The van der Waals surface area contributed by atoms with Crippen LogP contribution in [0.4, 0.5) is 0 Å². The molecule has 1 amide bonds. The van der Waals surface area contributed by atoms with E-state index in [1.54, 1.807) is 6.07 Å². The molecule has 1 saturated heterocycles. The first kappa shape index (κ1) is 32.7. The van der Waals surface area contributed by atoms with Crippen LogP contribution in [0.5, 0.6) is 11.5 Å². The number of piperidine rings is 1. The maximum Gasteiger partial charge on any atom is 0.348 e. The maximum atomic E-state index is 13.2. The Bertz CT molecular complexity index is 1540. The van der Waals surface area contributed by atoms with Gasteiger partial charge in [-0.1, -0.05) is 6.07 Å². The number of hydrogen-bond acceptors (Lipinski definition) is 13. The van der Waals surface area contributed by atoms with Crippen LogP contribution in [0.1, 0.15) is 50.7 Å². The summed E-state index contributed by atoms with van der Waals surface area (Å²) >= 11 is 0. The Morgan fingerprint density at radius 3 is 2.50 bits per heavy atom. The molecule has 5 rings (SSSR count). The molecule has 5 N–H and O–H groups in total. The van der Waals surface area contributed by atoms with Crippen LogP contribution in [0.2, 0.25) is 0 Å². The summed E-state index contributed by atoms with van der Waals surface area (Å²) in [6, 6.07) is 1.22. The normalized spacial score (nSPS) is 27.4. The summed E-state index contributed by atoms with van der Waals surface area (Å²) in [7, 11) is 1.92. The van der Waals surface area contributed by atoms with Crippen molar-refractivity contribution in [3.63, 3.8) is 0 Å². The number of amides is 1. The number of carboxylic acid groups (broad SMARTS) is 2. The number of phenolic OH excluding ortho intramolecular Hbond substituents is 1. The molecule has 1 spiro atoms. The SMILES string of the molecule is CC(=O)OC(CC(=O)OC1=CC[C@@]2(O)[C@H]3Cc4ccc(O)c5c4[C@@]2(CCN3C)[C@H]1O5)C(=O)OC(C)C(=O)NC(CC(=O)O)C(=O)O. The van der Waals surface area contributed by atoms with E-state index in [-0.39, 0.29) is 29.7 Å². The van der Waals surface area contributed by atoms with Gasteiger partial charge in [0.15, 0.2) is 23.7 Å². The van der Waals surface area contributed by atoms with E-state index in [2.05, 4.69) is 4.90 Å². The predicted molar refractivity (Wildman–Crippen MR) is 150 cm³/mol. The zero-order valence-corrected chi connectivity index (χ0v) is 25.2. The van der Waals surface area contributed by atoms with Crippen molar-refractivity contribution in [2.75, 3.05) is 13.6 Å². The first-order valence-electron chi connectivity index (χ1n) is 14.6. The fourth-order valence-electron chi connectivity index (χ4n) is 7.10. The highest BCUT2D eigenvalue weighted by molar-refractivity contribution is 5.91. The summed E-state index contributed by atoms with van der Waals surface area (Å²) in [5.74, 6) is -7.47. The third-order valence-corrected chi connectivity index (χ3v) is 9.16. The maximum absolute atomic E-state index is 13.2. The van der Waals surface area contributed by atoms with Gasteiger partial charge in [-0.25, -0.2) is 9.59 Å². The van der Waals surface area contributed by atoms with Gasteiger partial charge in [0, 0.05) is 24.9 Å². The molecule has 4 aliphatic rings. The number of rotatable bonds is 11. The molecular formula is C30H34N2O14. The van der Waals surface area contributed by atoms with Crippen molar-refractivity contribution in [2.24, 2.45) is 0 Å². The third-order valence-electron chi connectivity index (χ3n) is 9.16. The number of benzene rings is 1. The number of hydrogen-bond donors (Lipinski definition) is 5. The Hall–Kier alpha value is -4.70. The second kappa shape index (κ2) is 11.9. The highest BCUT2D eigenvalue weighted by Gasteiger charge is 2.72.